The van der Waals surface area contributed by atoms with Gasteiger partial charge in [0.25, 0.3) is 0 Å². The number of halogens is 1. The number of hydrogen-bond donors (Lipinski definition) is 1. The van der Waals surface area contributed by atoms with Gasteiger partial charge in [0.05, 0.1) is 12.6 Å². The predicted molar refractivity (Wildman–Crippen MR) is 74.8 cm³/mol. The fourth-order valence-corrected chi connectivity index (χ4v) is 2.19. The highest BCUT2D eigenvalue weighted by atomic mass is 19.1. The molecule has 2 aromatic rings. The molecule has 2 N–H and O–H groups in total. The molecule has 2 nitrogen and oxygen atoms in total. The van der Waals surface area contributed by atoms with Gasteiger partial charge in [-0.1, -0.05) is 42.0 Å². The van der Waals surface area contributed by atoms with Crippen molar-refractivity contribution in [2.45, 2.75) is 19.4 Å². The maximum atomic E-state index is 14.3. The van der Waals surface area contributed by atoms with E-state index in [1.807, 2.05) is 31.2 Å². The molecule has 0 bridgehead atoms. The Kier molecular flexibility index (Phi) is 3.58. The minimum atomic E-state index is -0.898. The average Bonchev–Trinajstić information content (AvgIpc) is 2.38. The fraction of sp³-hybridized carbons (Fsp3) is 0.250. The average molecular weight is 259 g/mol. The van der Waals surface area contributed by atoms with Gasteiger partial charge in [-0.3, -0.25) is 0 Å². The van der Waals surface area contributed by atoms with Crippen molar-refractivity contribution in [3.63, 3.8) is 0 Å². The number of hydrogen-bond acceptors (Lipinski definition) is 2. The van der Waals surface area contributed by atoms with Crippen LogP contribution >= 0.6 is 0 Å². The summed E-state index contributed by atoms with van der Waals surface area (Å²) >= 11 is 0. The van der Waals surface area contributed by atoms with Gasteiger partial charge in [0.15, 0.2) is 11.6 Å². The molecular formula is C16H18FNO. The molecule has 3 heteroatoms. The maximum Gasteiger partial charge on any atom is 0.170 e. The molecule has 0 amide bonds. The smallest absolute Gasteiger partial charge is 0.170 e. The summed E-state index contributed by atoms with van der Waals surface area (Å²) < 4.78 is 19.4. The molecule has 1 atom stereocenters. The van der Waals surface area contributed by atoms with Crippen LogP contribution in [0.25, 0.3) is 0 Å². The lowest BCUT2D eigenvalue weighted by molar-refractivity contribution is 0.379. The Morgan fingerprint density at radius 1 is 1.16 bits per heavy atom. The molecule has 0 spiro atoms. The third-order valence-corrected chi connectivity index (χ3v) is 3.36. The number of benzene rings is 2. The van der Waals surface area contributed by atoms with Crippen LogP contribution in [0.1, 0.15) is 23.6 Å². The van der Waals surface area contributed by atoms with Crippen LogP contribution in [-0.4, -0.2) is 7.11 Å². The molecule has 0 aromatic heterocycles. The standard InChI is InChI=1S/C16H18FNO/c1-11-6-4-7-12(10-11)16(2,18)13-8-5-9-14(19-3)15(13)17/h4-10H,18H2,1-3H3. The van der Waals surface area contributed by atoms with Gasteiger partial charge in [0, 0.05) is 5.56 Å². The third-order valence-electron chi connectivity index (χ3n) is 3.36. The van der Waals surface area contributed by atoms with Crippen molar-refractivity contribution < 1.29 is 9.13 Å². The molecule has 0 fully saturated rings. The Morgan fingerprint density at radius 3 is 2.47 bits per heavy atom. The van der Waals surface area contributed by atoms with Crippen LogP contribution in [0.15, 0.2) is 42.5 Å². The van der Waals surface area contributed by atoms with Gasteiger partial charge in [0.1, 0.15) is 0 Å². The number of aryl methyl sites for hydroxylation is 1. The van der Waals surface area contributed by atoms with E-state index in [1.54, 1.807) is 25.1 Å². The molecule has 1 unspecified atom stereocenters. The maximum absolute atomic E-state index is 14.3. The first-order chi connectivity index (χ1) is 8.96. The molecule has 19 heavy (non-hydrogen) atoms. The first-order valence-corrected chi connectivity index (χ1v) is 6.16. The van der Waals surface area contributed by atoms with Crippen LogP contribution < -0.4 is 10.5 Å². The Hall–Kier alpha value is -1.87. The lowest BCUT2D eigenvalue weighted by atomic mass is 9.84. The van der Waals surface area contributed by atoms with Crippen molar-refractivity contribution in [1.82, 2.24) is 0 Å². The zero-order chi connectivity index (χ0) is 14.0. The highest BCUT2D eigenvalue weighted by molar-refractivity contribution is 5.43. The topological polar surface area (TPSA) is 35.2 Å². The molecule has 0 saturated heterocycles. The van der Waals surface area contributed by atoms with E-state index < -0.39 is 11.4 Å². The number of methoxy groups -OCH3 is 1. The SMILES string of the molecule is COc1cccc(C(C)(N)c2cccc(C)c2)c1F. The van der Waals surface area contributed by atoms with E-state index in [1.165, 1.54) is 7.11 Å². The quantitative estimate of drug-likeness (QED) is 0.917. The predicted octanol–water partition coefficient (Wildman–Crippen LogP) is 3.36. The molecule has 0 saturated carbocycles. The third kappa shape index (κ3) is 2.47. The van der Waals surface area contributed by atoms with Crippen LogP contribution in [0.5, 0.6) is 5.75 Å². The minimum absolute atomic E-state index is 0.210. The van der Waals surface area contributed by atoms with Gasteiger partial charge in [-0.2, -0.15) is 0 Å². The van der Waals surface area contributed by atoms with Crippen LogP contribution in [-0.2, 0) is 5.54 Å². The van der Waals surface area contributed by atoms with Crippen molar-refractivity contribution in [3.8, 4) is 5.75 Å². The van der Waals surface area contributed by atoms with Crippen LogP contribution in [0.2, 0.25) is 0 Å². The molecule has 0 aliphatic rings. The van der Waals surface area contributed by atoms with Crippen molar-refractivity contribution >= 4 is 0 Å². The molecule has 0 radical (unpaired) electrons. The molecule has 0 aliphatic heterocycles. The monoisotopic (exact) mass is 259 g/mol. The van der Waals surface area contributed by atoms with Gasteiger partial charge >= 0.3 is 0 Å². The van der Waals surface area contributed by atoms with Crippen LogP contribution in [0.4, 0.5) is 4.39 Å². The summed E-state index contributed by atoms with van der Waals surface area (Å²) in [6.45, 7) is 3.79. The van der Waals surface area contributed by atoms with Crippen LogP contribution in [0.3, 0.4) is 0 Å². The molecule has 100 valence electrons. The van der Waals surface area contributed by atoms with E-state index in [0.717, 1.165) is 11.1 Å². The Balaban J connectivity index is 2.56. The minimum Gasteiger partial charge on any atom is -0.494 e. The summed E-state index contributed by atoms with van der Waals surface area (Å²) in [6, 6.07) is 12.8. The van der Waals surface area contributed by atoms with Gasteiger partial charge in [0.2, 0.25) is 0 Å². The van der Waals surface area contributed by atoms with Crippen molar-refractivity contribution in [2.75, 3.05) is 7.11 Å². The molecule has 0 aliphatic carbocycles. The number of nitrogens with two attached hydrogens (primary N) is 1. The van der Waals surface area contributed by atoms with Gasteiger partial charge in [-0.05, 0) is 25.5 Å². The van der Waals surface area contributed by atoms with E-state index in [9.17, 15) is 4.39 Å². The van der Waals surface area contributed by atoms with E-state index in [4.69, 9.17) is 10.5 Å². The number of ether oxygens (including phenoxy) is 1. The summed E-state index contributed by atoms with van der Waals surface area (Å²) in [4.78, 5) is 0. The highest BCUT2D eigenvalue weighted by Crippen LogP contribution is 2.32. The second-order valence-electron chi connectivity index (χ2n) is 4.89. The molecule has 0 heterocycles. The largest absolute Gasteiger partial charge is 0.494 e. The van der Waals surface area contributed by atoms with E-state index in [2.05, 4.69) is 0 Å². The summed E-state index contributed by atoms with van der Waals surface area (Å²) in [7, 11) is 1.45. The number of rotatable bonds is 3. The fourth-order valence-electron chi connectivity index (χ4n) is 2.19. The zero-order valence-electron chi connectivity index (χ0n) is 11.4. The van der Waals surface area contributed by atoms with E-state index in [-0.39, 0.29) is 5.75 Å². The Labute approximate surface area is 113 Å². The Morgan fingerprint density at radius 2 is 1.84 bits per heavy atom. The Bertz CT molecular complexity index is 593. The lowest BCUT2D eigenvalue weighted by Gasteiger charge is -2.27. The summed E-state index contributed by atoms with van der Waals surface area (Å²) in [5.41, 5.74) is 7.86. The van der Waals surface area contributed by atoms with E-state index in [0.29, 0.717) is 5.56 Å². The summed E-state index contributed by atoms with van der Waals surface area (Å²) in [6.07, 6.45) is 0. The van der Waals surface area contributed by atoms with Gasteiger partial charge < -0.3 is 10.5 Å². The summed E-state index contributed by atoms with van der Waals surface area (Å²) in [5.74, 6) is -0.196. The molecular weight excluding hydrogens is 241 g/mol. The first-order valence-electron chi connectivity index (χ1n) is 6.16. The first kappa shape index (κ1) is 13.6. The van der Waals surface area contributed by atoms with Gasteiger partial charge in [-0.25, -0.2) is 4.39 Å². The van der Waals surface area contributed by atoms with E-state index >= 15 is 0 Å². The van der Waals surface area contributed by atoms with Crippen molar-refractivity contribution in [1.29, 1.82) is 0 Å². The van der Waals surface area contributed by atoms with Crippen LogP contribution in [0, 0.1) is 12.7 Å². The van der Waals surface area contributed by atoms with Crippen molar-refractivity contribution in [2.24, 2.45) is 5.73 Å². The normalized spacial score (nSPS) is 13.9. The highest BCUT2D eigenvalue weighted by Gasteiger charge is 2.28. The van der Waals surface area contributed by atoms with Gasteiger partial charge in [-0.15, -0.1) is 0 Å². The zero-order valence-corrected chi connectivity index (χ0v) is 11.4. The lowest BCUT2D eigenvalue weighted by Crippen LogP contribution is -2.35. The molecule has 2 aromatic carbocycles. The second-order valence-corrected chi connectivity index (χ2v) is 4.89. The van der Waals surface area contributed by atoms with Crippen molar-refractivity contribution in [3.05, 3.63) is 65.0 Å². The summed E-state index contributed by atoms with van der Waals surface area (Å²) in [5, 5.41) is 0. The second kappa shape index (κ2) is 5.02. The molecule has 2 rings (SSSR count).